The van der Waals surface area contributed by atoms with E-state index in [2.05, 4.69) is 150 Å². The molecule has 4 aliphatic carbocycles. The van der Waals surface area contributed by atoms with Gasteiger partial charge in [0.2, 0.25) is 0 Å². The summed E-state index contributed by atoms with van der Waals surface area (Å²) in [4.78, 5) is 15.8. The highest BCUT2D eigenvalue weighted by atomic mass is 16.3. The van der Waals surface area contributed by atoms with Crippen LogP contribution in [-0.2, 0) is 5.41 Å². The fourth-order valence-corrected chi connectivity index (χ4v) is 13.2. The lowest BCUT2D eigenvalue weighted by atomic mass is 9.48. The Morgan fingerprint density at radius 2 is 0.836 bits per heavy atom. The van der Waals surface area contributed by atoms with Crippen LogP contribution in [0.2, 0.25) is 0 Å². The van der Waals surface area contributed by atoms with E-state index in [1.807, 2.05) is 30.3 Å². The molecule has 0 atom stereocenters. The highest BCUT2D eigenvalue weighted by Gasteiger charge is 2.51. The number of furan rings is 2. The van der Waals surface area contributed by atoms with Crippen molar-refractivity contribution in [1.29, 1.82) is 0 Å². The van der Waals surface area contributed by atoms with Crippen molar-refractivity contribution in [3.63, 3.8) is 0 Å². The molecule has 4 aliphatic rings. The van der Waals surface area contributed by atoms with E-state index in [1.54, 1.807) is 5.56 Å². The van der Waals surface area contributed by atoms with E-state index in [0.29, 0.717) is 22.9 Å². The normalized spacial score (nSPS) is 20.1. The predicted molar refractivity (Wildman–Crippen MR) is 270 cm³/mol. The molecule has 67 heavy (non-hydrogen) atoms. The second kappa shape index (κ2) is 14.1. The van der Waals surface area contributed by atoms with Crippen molar-refractivity contribution in [2.45, 2.75) is 43.9 Å². The third-order valence-corrected chi connectivity index (χ3v) is 15.8. The van der Waals surface area contributed by atoms with E-state index in [0.717, 1.165) is 95.0 Å². The average Bonchev–Trinajstić information content (AvgIpc) is 4.04. The number of nitrogens with zero attached hydrogens (tertiary/aromatic N) is 4. The van der Waals surface area contributed by atoms with Gasteiger partial charge in [-0.3, -0.25) is 0 Å². The first-order valence-corrected chi connectivity index (χ1v) is 23.9. The van der Waals surface area contributed by atoms with E-state index in [-0.39, 0.29) is 0 Å². The number of benzene rings is 8. The molecule has 0 amide bonds. The molecule has 4 bridgehead atoms. The maximum absolute atomic E-state index is 6.49. The van der Waals surface area contributed by atoms with Crippen molar-refractivity contribution >= 4 is 65.7 Å². The van der Waals surface area contributed by atoms with Crippen molar-refractivity contribution in [2.24, 2.45) is 17.8 Å². The summed E-state index contributed by atoms with van der Waals surface area (Å²) in [6.07, 6.45) is 8.53. The van der Waals surface area contributed by atoms with Gasteiger partial charge >= 0.3 is 0 Å². The standard InChI is InChI=1S/C61H44N4O2/c1-2-8-45(9-3-1)65-52-12-6-4-10-46(52)47-22-16-43(32-53(47)65)60-63-58(41-18-24-55-49(30-41)48-11-5-7-13-54(48)66-55)62-59(64-60)42-19-25-57-51(31-42)50-29-40(17-23-56(50)67-57)39-14-20-44(21-15-39)61-33-36-26-37(34-61)28-38(27-36)35-61/h1-25,29-32,36-38H,26-28,33-35H2. The summed E-state index contributed by atoms with van der Waals surface area (Å²) in [6.45, 7) is 0. The van der Waals surface area contributed by atoms with E-state index in [9.17, 15) is 0 Å². The number of para-hydroxylation sites is 3. The minimum atomic E-state index is 0.387. The quantitative estimate of drug-likeness (QED) is 0.167. The van der Waals surface area contributed by atoms with Gasteiger partial charge in [0.25, 0.3) is 0 Å². The smallest absolute Gasteiger partial charge is 0.164 e. The Hall–Kier alpha value is -7.83. The van der Waals surface area contributed by atoms with Crippen molar-refractivity contribution in [2.75, 3.05) is 0 Å². The first kappa shape index (κ1) is 37.4. The first-order chi connectivity index (χ1) is 33.1. The number of hydrogen-bond acceptors (Lipinski definition) is 5. The summed E-state index contributed by atoms with van der Waals surface area (Å²) in [5.74, 6) is 4.57. The number of aromatic nitrogens is 4. The molecule has 6 heteroatoms. The van der Waals surface area contributed by atoms with Gasteiger partial charge in [-0.2, -0.15) is 0 Å². The summed E-state index contributed by atoms with van der Waals surface area (Å²) >= 11 is 0. The fraction of sp³-hybridized carbons (Fsp3) is 0.164. The zero-order valence-electron chi connectivity index (χ0n) is 36.8. The van der Waals surface area contributed by atoms with Crippen LogP contribution in [0.3, 0.4) is 0 Å². The maximum Gasteiger partial charge on any atom is 0.164 e. The van der Waals surface area contributed by atoms with Gasteiger partial charge < -0.3 is 13.4 Å². The number of fused-ring (bicyclic) bond motifs is 9. The lowest BCUT2D eigenvalue weighted by molar-refractivity contribution is -0.00518. The molecule has 12 aromatic rings. The van der Waals surface area contributed by atoms with Gasteiger partial charge in [0.1, 0.15) is 22.3 Å². The maximum atomic E-state index is 6.49. The molecule has 0 aliphatic heterocycles. The van der Waals surface area contributed by atoms with Crippen LogP contribution in [0.1, 0.15) is 44.1 Å². The van der Waals surface area contributed by atoms with Gasteiger partial charge in [-0.15, -0.1) is 0 Å². The molecule has 320 valence electrons. The van der Waals surface area contributed by atoms with Crippen LogP contribution in [0.15, 0.2) is 185 Å². The van der Waals surface area contributed by atoms with Gasteiger partial charge in [-0.05, 0) is 157 Å². The highest BCUT2D eigenvalue weighted by molar-refractivity contribution is 6.11. The molecule has 4 fully saturated rings. The van der Waals surface area contributed by atoms with Crippen molar-refractivity contribution in [1.82, 2.24) is 19.5 Å². The molecule has 0 unspecified atom stereocenters. The molecule has 0 radical (unpaired) electrons. The first-order valence-electron chi connectivity index (χ1n) is 23.9. The Bertz CT molecular complexity index is 3930. The molecular formula is C61H44N4O2. The minimum Gasteiger partial charge on any atom is -0.456 e. The summed E-state index contributed by atoms with van der Waals surface area (Å²) in [7, 11) is 0. The minimum absolute atomic E-state index is 0.387. The van der Waals surface area contributed by atoms with E-state index < -0.39 is 0 Å². The average molecular weight is 865 g/mol. The third kappa shape index (κ3) is 5.85. The topological polar surface area (TPSA) is 69.9 Å². The van der Waals surface area contributed by atoms with Gasteiger partial charge in [0.15, 0.2) is 17.5 Å². The van der Waals surface area contributed by atoms with Gasteiger partial charge in [0, 0.05) is 54.7 Å². The second-order valence-electron chi connectivity index (χ2n) is 19.8. The fourth-order valence-electron chi connectivity index (χ4n) is 13.2. The third-order valence-electron chi connectivity index (χ3n) is 15.8. The highest BCUT2D eigenvalue weighted by Crippen LogP contribution is 2.61. The van der Waals surface area contributed by atoms with Crippen LogP contribution >= 0.6 is 0 Å². The van der Waals surface area contributed by atoms with Crippen molar-refractivity contribution < 1.29 is 8.83 Å². The van der Waals surface area contributed by atoms with E-state index >= 15 is 0 Å². The molecule has 8 aromatic carbocycles. The second-order valence-corrected chi connectivity index (χ2v) is 19.8. The molecule has 16 rings (SSSR count). The van der Waals surface area contributed by atoms with Crippen LogP contribution in [0.4, 0.5) is 0 Å². The Morgan fingerprint density at radius 1 is 0.373 bits per heavy atom. The van der Waals surface area contributed by atoms with Crippen LogP contribution in [0.5, 0.6) is 0 Å². The molecule has 6 nitrogen and oxygen atoms in total. The van der Waals surface area contributed by atoms with E-state index in [4.69, 9.17) is 23.8 Å². The van der Waals surface area contributed by atoms with E-state index in [1.165, 1.54) is 60.4 Å². The SMILES string of the molecule is c1ccc(-n2c3ccccc3c3ccc(-c4nc(-c5ccc6oc7ccccc7c6c5)nc(-c5ccc6oc7ccc(-c8ccc(C9%10CC%11CC(CC(C%11)C9)C%10)cc8)cc7c6c5)n4)cc32)cc1. The van der Waals surface area contributed by atoms with Crippen LogP contribution in [0, 0.1) is 17.8 Å². The van der Waals surface area contributed by atoms with Crippen molar-refractivity contribution in [3.8, 4) is 51.0 Å². The summed E-state index contributed by atoms with van der Waals surface area (Å²) in [5, 5.41) is 6.56. The number of hydrogen-bond donors (Lipinski definition) is 0. The Balaban J connectivity index is 0.867. The van der Waals surface area contributed by atoms with Gasteiger partial charge in [-0.1, -0.05) is 97.1 Å². The summed E-state index contributed by atoms with van der Waals surface area (Å²) in [5.41, 5.74) is 13.8. The zero-order chi connectivity index (χ0) is 43.8. The molecule has 4 aromatic heterocycles. The monoisotopic (exact) mass is 864 g/mol. The van der Waals surface area contributed by atoms with Crippen LogP contribution < -0.4 is 0 Å². The lowest BCUT2D eigenvalue weighted by Gasteiger charge is -2.57. The zero-order valence-corrected chi connectivity index (χ0v) is 36.8. The lowest BCUT2D eigenvalue weighted by Crippen LogP contribution is -2.48. The predicted octanol–water partition coefficient (Wildman–Crippen LogP) is 15.9. The summed E-state index contributed by atoms with van der Waals surface area (Å²) in [6, 6.07) is 62.6. The van der Waals surface area contributed by atoms with Gasteiger partial charge in [-0.25, -0.2) is 15.0 Å². The largest absolute Gasteiger partial charge is 0.456 e. The Morgan fingerprint density at radius 3 is 1.48 bits per heavy atom. The molecule has 0 spiro atoms. The molecule has 4 saturated carbocycles. The Kier molecular flexibility index (Phi) is 7.86. The van der Waals surface area contributed by atoms with Gasteiger partial charge in [0.05, 0.1) is 11.0 Å². The van der Waals surface area contributed by atoms with Crippen LogP contribution in [-0.4, -0.2) is 19.5 Å². The molecular weight excluding hydrogens is 821 g/mol. The molecule has 4 heterocycles. The van der Waals surface area contributed by atoms with Crippen LogP contribution in [0.25, 0.3) is 117 Å². The Labute approximate surface area is 386 Å². The summed E-state index contributed by atoms with van der Waals surface area (Å²) < 4.78 is 15.1. The molecule has 0 saturated heterocycles. The molecule has 0 N–H and O–H groups in total. The van der Waals surface area contributed by atoms with Crippen molar-refractivity contribution in [3.05, 3.63) is 181 Å². The number of rotatable bonds is 6.